The van der Waals surface area contributed by atoms with E-state index in [4.69, 9.17) is 5.11 Å². The number of amides is 1. The second kappa shape index (κ2) is 5.16. The molecule has 0 aromatic carbocycles. The summed E-state index contributed by atoms with van der Waals surface area (Å²) >= 11 is 0. The number of hydrogen-bond acceptors (Lipinski definition) is 4. The number of hydrogen-bond donors (Lipinski definition) is 1. The van der Waals surface area contributed by atoms with Crippen molar-refractivity contribution in [3.05, 3.63) is 29.7 Å². The number of carbonyl (C=O) groups is 2. The Hall–Kier alpha value is -2.44. The predicted molar refractivity (Wildman–Crippen MR) is 74.0 cm³/mol. The fourth-order valence-corrected chi connectivity index (χ4v) is 2.64. The lowest BCUT2D eigenvalue weighted by atomic mass is 9.98. The summed E-state index contributed by atoms with van der Waals surface area (Å²) in [7, 11) is 0. The van der Waals surface area contributed by atoms with Crippen LogP contribution in [0.2, 0.25) is 0 Å². The minimum atomic E-state index is -0.846. The van der Waals surface area contributed by atoms with E-state index in [2.05, 4.69) is 10.1 Å². The van der Waals surface area contributed by atoms with Crippen LogP contribution in [0.3, 0.4) is 0 Å². The Morgan fingerprint density at radius 3 is 3.00 bits per heavy atom. The standard InChI is InChI=1S/C14H16N4O3/c1-9-4-6-18-12(16-9)11(7-15-18)13(19)17-5-2-3-10(8-17)14(20)21/h4,6-7,10H,2-3,5,8H2,1H3,(H,20,21). The first-order valence-electron chi connectivity index (χ1n) is 6.89. The fourth-order valence-electron chi connectivity index (χ4n) is 2.64. The molecule has 1 fully saturated rings. The summed E-state index contributed by atoms with van der Waals surface area (Å²) in [5, 5.41) is 13.2. The highest BCUT2D eigenvalue weighted by atomic mass is 16.4. The first-order valence-corrected chi connectivity index (χ1v) is 6.89. The molecule has 21 heavy (non-hydrogen) atoms. The Bertz CT molecular complexity index is 709. The van der Waals surface area contributed by atoms with Gasteiger partial charge in [-0.3, -0.25) is 9.59 Å². The molecule has 3 heterocycles. The third-order valence-electron chi connectivity index (χ3n) is 3.80. The maximum absolute atomic E-state index is 12.6. The molecule has 0 spiro atoms. The zero-order valence-corrected chi connectivity index (χ0v) is 11.7. The second-order valence-electron chi connectivity index (χ2n) is 5.32. The molecule has 7 heteroatoms. The van der Waals surface area contributed by atoms with E-state index >= 15 is 0 Å². The van der Waals surface area contributed by atoms with Gasteiger partial charge in [-0.05, 0) is 25.8 Å². The lowest BCUT2D eigenvalue weighted by Crippen LogP contribution is -2.42. The molecule has 1 unspecified atom stereocenters. The van der Waals surface area contributed by atoms with Crippen LogP contribution in [0, 0.1) is 12.8 Å². The molecular formula is C14H16N4O3. The Morgan fingerprint density at radius 1 is 1.43 bits per heavy atom. The quantitative estimate of drug-likeness (QED) is 0.889. The van der Waals surface area contributed by atoms with Gasteiger partial charge in [0.15, 0.2) is 5.65 Å². The van der Waals surface area contributed by atoms with E-state index in [0.29, 0.717) is 30.6 Å². The van der Waals surface area contributed by atoms with Crippen molar-refractivity contribution in [2.75, 3.05) is 13.1 Å². The lowest BCUT2D eigenvalue weighted by molar-refractivity contribution is -0.143. The number of carbonyl (C=O) groups excluding carboxylic acids is 1. The summed E-state index contributed by atoms with van der Waals surface area (Å²) in [6.07, 6.45) is 4.57. The van der Waals surface area contributed by atoms with Gasteiger partial charge in [-0.1, -0.05) is 0 Å². The number of fused-ring (bicyclic) bond motifs is 1. The van der Waals surface area contributed by atoms with Gasteiger partial charge < -0.3 is 10.0 Å². The second-order valence-corrected chi connectivity index (χ2v) is 5.32. The number of aliphatic carboxylic acids is 1. The van der Waals surface area contributed by atoms with Crippen molar-refractivity contribution in [2.45, 2.75) is 19.8 Å². The average molecular weight is 288 g/mol. The molecule has 1 aliphatic rings. The fraction of sp³-hybridized carbons (Fsp3) is 0.429. The van der Waals surface area contributed by atoms with Crippen LogP contribution in [0.5, 0.6) is 0 Å². The van der Waals surface area contributed by atoms with Crippen LogP contribution in [-0.2, 0) is 4.79 Å². The van der Waals surface area contributed by atoms with Crippen molar-refractivity contribution in [1.82, 2.24) is 19.5 Å². The molecule has 1 aliphatic heterocycles. The van der Waals surface area contributed by atoms with Gasteiger partial charge in [0.2, 0.25) is 0 Å². The predicted octanol–water partition coefficient (Wildman–Crippen LogP) is 0.975. The highest BCUT2D eigenvalue weighted by molar-refractivity contribution is 5.99. The van der Waals surface area contributed by atoms with Gasteiger partial charge in [-0.15, -0.1) is 0 Å². The summed E-state index contributed by atoms with van der Waals surface area (Å²) in [4.78, 5) is 29.6. The van der Waals surface area contributed by atoms with Crippen LogP contribution in [0.25, 0.3) is 5.65 Å². The zero-order chi connectivity index (χ0) is 15.0. The maximum atomic E-state index is 12.6. The van der Waals surface area contributed by atoms with Crippen molar-refractivity contribution in [3.8, 4) is 0 Å². The van der Waals surface area contributed by atoms with Gasteiger partial charge in [0.25, 0.3) is 5.91 Å². The normalized spacial score (nSPS) is 18.9. The van der Waals surface area contributed by atoms with E-state index < -0.39 is 11.9 Å². The number of carboxylic acids is 1. The van der Waals surface area contributed by atoms with Gasteiger partial charge in [0, 0.05) is 25.0 Å². The highest BCUT2D eigenvalue weighted by Crippen LogP contribution is 2.20. The first kappa shape index (κ1) is 13.5. The van der Waals surface area contributed by atoms with Crippen LogP contribution in [-0.4, -0.2) is 49.6 Å². The minimum absolute atomic E-state index is 0.200. The maximum Gasteiger partial charge on any atom is 0.308 e. The topological polar surface area (TPSA) is 87.8 Å². The van der Waals surface area contributed by atoms with Crippen molar-refractivity contribution >= 4 is 17.5 Å². The lowest BCUT2D eigenvalue weighted by Gasteiger charge is -2.30. The van der Waals surface area contributed by atoms with E-state index in [1.165, 1.54) is 6.20 Å². The molecule has 0 radical (unpaired) electrons. The van der Waals surface area contributed by atoms with E-state index in [1.807, 2.05) is 13.0 Å². The van der Waals surface area contributed by atoms with E-state index in [9.17, 15) is 9.59 Å². The Morgan fingerprint density at radius 2 is 2.24 bits per heavy atom. The molecule has 1 saturated heterocycles. The van der Waals surface area contributed by atoms with Crippen molar-refractivity contribution in [2.24, 2.45) is 5.92 Å². The first-order chi connectivity index (χ1) is 10.1. The van der Waals surface area contributed by atoms with E-state index in [1.54, 1.807) is 15.6 Å². The Labute approximate surface area is 121 Å². The van der Waals surface area contributed by atoms with Gasteiger partial charge in [-0.25, -0.2) is 9.50 Å². The summed E-state index contributed by atoms with van der Waals surface area (Å²) in [5.41, 5.74) is 1.74. The summed E-state index contributed by atoms with van der Waals surface area (Å²) in [5.74, 6) is -1.53. The molecule has 2 aromatic rings. The number of piperidine rings is 1. The van der Waals surface area contributed by atoms with Gasteiger partial charge in [0.1, 0.15) is 5.56 Å². The van der Waals surface area contributed by atoms with Crippen LogP contribution >= 0.6 is 0 Å². The smallest absolute Gasteiger partial charge is 0.308 e. The van der Waals surface area contributed by atoms with Crippen LogP contribution in [0.4, 0.5) is 0 Å². The Balaban J connectivity index is 1.90. The number of likely N-dealkylation sites (tertiary alicyclic amines) is 1. The number of aromatic nitrogens is 3. The SMILES string of the molecule is Cc1ccn2ncc(C(=O)N3CCCC(C(=O)O)C3)c2n1. The zero-order valence-electron chi connectivity index (χ0n) is 11.7. The molecule has 0 aliphatic carbocycles. The van der Waals surface area contributed by atoms with Crippen molar-refractivity contribution < 1.29 is 14.7 Å². The highest BCUT2D eigenvalue weighted by Gasteiger charge is 2.30. The third kappa shape index (κ3) is 2.46. The molecule has 110 valence electrons. The van der Waals surface area contributed by atoms with Crippen LogP contribution in [0.1, 0.15) is 28.9 Å². The summed E-state index contributed by atoms with van der Waals surface area (Å²) in [6.45, 7) is 2.67. The van der Waals surface area contributed by atoms with Gasteiger partial charge in [-0.2, -0.15) is 5.10 Å². The molecule has 1 amide bonds. The largest absolute Gasteiger partial charge is 0.481 e. The molecule has 1 atom stereocenters. The summed E-state index contributed by atoms with van der Waals surface area (Å²) in [6, 6.07) is 1.82. The van der Waals surface area contributed by atoms with E-state index in [0.717, 1.165) is 5.69 Å². The molecular weight excluding hydrogens is 272 g/mol. The number of carboxylic acid groups (broad SMARTS) is 1. The van der Waals surface area contributed by atoms with Gasteiger partial charge in [0.05, 0.1) is 12.1 Å². The van der Waals surface area contributed by atoms with Gasteiger partial charge >= 0.3 is 5.97 Å². The van der Waals surface area contributed by atoms with Crippen molar-refractivity contribution in [3.63, 3.8) is 0 Å². The Kier molecular flexibility index (Phi) is 3.32. The average Bonchev–Trinajstić information content (AvgIpc) is 2.89. The number of rotatable bonds is 2. The van der Waals surface area contributed by atoms with E-state index in [-0.39, 0.29) is 12.5 Å². The monoisotopic (exact) mass is 288 g/mol. The molecule has 2 aromatic heterocycles. The molecule has 3 rings (SSSR count). The molecule has 1 N–H and O–H groups in total. The number of aryl methyl sites for hydroxylation is 1. The third-order valence-corrected chi connectivity index (χ3v) is 3.80. The number of nitrogens with zero attached hydrogens (tertiary/aromatic N) is 4. The minimum Gasteiger partial charge on any atom is -0.481 e. The molecule has 0 bridgehead atoms. The van der Waals surface area contributed by atoms with Crippen LogP contribution in [0.15, 0.2) is 18.5 Å². The molecule has 0 saturated carbocycles. The van der Waals surface area contributed by atoms with Crippen molar-refractivity contribution in [1.29, 1.82) is 0 Å². The van der Waals surface area contributed by atoms with Crippen LogP contribution < -0.4 is 0 Å². The molecule has 7 nitrogen and oxygen atoms in total. The summed E-state index contributed by atoms with van der Waals surface area (Å²) < 4.78 is 1.55.